The summed E-state index contributed by atoms with van der Waals surface area (Å²) in [6, 6.07) is 16.0. The van der Waals surface area contributed by atoms with Crippen LogP contribution in [0.5, 0.6) is 5.75 Å². The summed E-state index contributed by atoms with van der Waals surface area (Å²) in [6.07, 6.45) is 3.43. The molecule has 1 aliphatic heterocycles. The van der Waals surface area contributed by atoms with Gasteiger partial charge in [-0.15, -0.1) is 0 Å². The van der Waals surface area contributed by atoms with E-state index < -0.39 is 5.82 Å². The molecule has 2 heterocycles. The first-order valence-corrected chi connectivity index (χ1v) is 10.4. The molecule has 3 aromatic rings. The van der Waals surface area contributed by atoms with Crippen molar-refractivity contribution in [2.75, 3.05) is 19.0 Å². The number of carbonyl (C=O) groups excluding carboxylic acids is 1. The van der Waals surface area contributed by atoms with Crippen LogP contribution in [0.25, 0.3) is 11.3 Å². The molecule has 0 saturated carbocycles. The molecule has 2 atom stereocenters. The van der Waals surface area contributed by atoms with Crippen LogP contribution in [0, 0.1) is 5.82 Å². The van der Waals surface area contributed by atoms with E-state index in [0.29, 0.717) is 12.5 Å². The summed E-state index contributed by atoms with van der Waals surface area (Å²) in [5.41, 5.74) is 2.08. The zero-order valence-electron chi connectivity index (χ0n) is 17.6. The highest BCUT2D eigenvalue weighted by Gasteiger charge is 2.33. The smallest absolute Gasteiger partial charge is 0.258 e. The van der Waals surface area contributed by atoms with Crippen LogP contribution in [0.1, 0.15) is 30.1 Å². The fraction of sp³-hybridized carbons (Fsp3) is 0.292. The lowest BCUT2D eigenvalue weighted by Crippen LogP contribution is -2.52. The number of halogens is 1. The lowest BCUT2D eigenvalue weighted by molar-refractivity contribution is 0.0612. The van der Waals surface area contributed by atoms with Crippen molar-refractivity contribution >= 4 is 11.9 Å². The number of piperidine rings is 1. The van der Waals surface area contributed by atoms with Crippen LogP contribution in [0.4, 0.5) is 10.3 Å². The van der Waals surface area contributed by atoms with E-state index in [1.165, 1.54) is 19.2 Å². The van der Waals surface area contributed by atoms with Gasteiger partial charge in [0, 0.05) is 30.4 Å². The second kappa shape index (κ2) is 9.12. The maximum absolute atomic E-state index is 14.1. The molecule has 1 aromatic heterocycles. The average Bonchev–Trinajstić information content (AvgIpc) is 2.80. The second-order valence-corrected chi connectivity index (χ2v) is 7.58. The third kappa shape index (κ3) is 4.35. The first kappa shape index (κ1) is 20.8. The van der Waals surface area contributed by atoms with Gasteiger partial charge in [-0.25, -0.2) is 14.4 Å². The van der Waals surface area contributed by atoms with Crippen molar-refractivity contribution in [3.05, 3.63) is 72.2 Å². The molecule has 1 amide bonds. The maximum Gasteiger partial charge on any atom is 0.258 e. The molecule has 0 aliphatic carbocycles. The van der Waals surface area contributed by atoms with Crippen molar-refractivity contribution in [1.29, 1.82) is 0 Å². The predicted molar refractivity (Wildman–Crippen MR) is 118 cm³/mol. The SMILES string of the molecule is COc1c(F)cccc1C(=O)N1CCCC(Nc2nccc(-c3ccccc3)n2)[C@@H]1C. The van der Waals surface area contributed by atoms with E-state index in [2.05, 4.69) is 15.3 Å². The Balaban J connectivity index is 1.53. The number of amides is 1. The molecule has 1 aliphatic rings. The Labute approximate surface area is 181 Å². The number of ether oxygens (including phenoxy) is 1. The molecule has 4 rings (SSSR count). The van der Waals surface area contributed by atoms with Gasteiger partial charge in [0.15, 0.2) is 11.6 Å². The Morgan fingerprint density at radius 1 is 1.16 bits per heavy atom. The number of likely N-dealkylation sites (tertiary alicyclic amines) is 1. The Bertz CT molecular complexity index is 1060. The third-order valence-electron chi connectivity index (χ3n) is 5.69. The number of methoxy groups -OCH3 is 1. The van der Waals surface area contributed by atoms with Crippen LogP contribution >= 0.6 is 0 Å². The molecule has 1 unspecified atom stereocenters. The number of aromatic nitrogens is 2. The van der Waals surface area contributed by atoms with Crippen molar-refractivity contribution in [2.24, 2.45) is 0 Å². The van der Waals surface area contributed by atoms with Crippen molar-refractivity contribution in [1.82, 2.24) is 14.9 Å². The second-order valence-electron chi connectivity index (χ2n) is 7.58. The Morgan fingerprint density at radius 3 is 2.74 bits per heavy atom. The molecule has 0 spiro atoms. The van der Waals surface area contributed by atoms with E-state index in [-0.39, 0.29) is 29.3 Å². The van der Waals surface area contributed by atoms with Gasteiger partial charge in [0.05, 0.1) is 18.4 Å². The lowest BCUT2D eigenvalue weighted by atomic mass is 9.96. The minimum atomic E-state index is -0.543. The van der Waals surface area contributed by atoms with E-state index >= 15 is 0 Å². The van der Waals surface area contributed by atoms with Gasteiger partial charge in [0.2, 0.25) is 5.95 Å². The van der Waals surface area contributed by atoms with Gasteiger partial charge >= 0.3 is 0 Å². The fourth-order valence-corrected chi connectivity index (χ4v) is 4.03. The van der Waals surface area contributed by atoms with Crippen LogP contribution in [0.2, 0.25) is 0 Å². The van der Waals surface area contributed by atoms with Gasteiger partial charge in [0.25, 0.3) is 5.91 Å². The highest BCUT2D eigenvalue weighted by Crippen LogP contribution is 2.28. The van der Waals surface area contributed by atoms with Gasteiger partial charge in [0.1, 0.15) is 0 Å². The van der Waals surface area contributed by atoms with E-state index in [1.807, 2.05) is 43.3 Å². The Morgan fingerprint density at radius 2 is 1.97 bits per heavy atom. The molecule has 1 saturated heterocycles. The highest BCUT2D eigenvalue weighted by atomic mass is 19.1. The van der Waals surface area contributed by atoms with Crippen LogP contribution < -0.4 is 10.1 Å². The zero-order valence-corrected chi connectivity index (χ0v) is 17.6. The molecular weight excluding hydrogens is 395 g/mol. The topological polar surface area (TPSA) is 67.3 Å². The largest absolute Gasteiger partial charge is 0.493 e. The van der Waals surface area contributed by atoms with Crippen LogP contribution in [0.15, 0.2) is 60.8 Å². The van der Waals surface area contributed by atoms with E-state index in [9.17, 15) is 9.18 Å². The number of anilines is 1. The van der Waals surface area contributed by atoms with Crippen molar-refractivity contribution in [2.45, 2.75) is 31.8 Å². The van der Waals surface area contributed by atoms with Crippen LogP contribution in [-0.4, -0.2) is 46.5 Å². The van der Waals surface area contributed by atoms with Crippen LogP contribution in [-0.2, 0) is 0 Å². The fourth-order valence-electron chi connectivity index (χ4n) is 4.03. The molecule has 0 radical (unpaired) electrons. The number of para-hydroxylation sites is 1. The summed E-state index contributed by atoms with van der Waals surface area (Å²) in [5.74, 6) is -0.280. The number of rotatable bonds is 5. The van der Waals surface area contributed by atoms with Gasteiger partial charge < -0.3 is 15.0 Å². The molecule has 1 fully saturated rings. The third-order valence-corrected chi connectivity index (χ3v) is 5.69. The van der Waals surface area contributed by atoms with Crippen molar-refractivity contribution in [3.8, 4) is 17.0 Å². The minimum absolute atomic E-state index is 0.0197. The first-order valence-electron chi connectivity index (χ1n) is 10.4. The Hall–Kier alpha value is -3.48. The molecule has 0 bridgehead atoms. The highest BCUT2D eigenvalue weighted by molar-refractivity contribution is 5.97. The molecule has 31 heavy (non-hydrogen) atoms. The molecule has 2 aromatic carbocycles. The molecular formula is C24H25FN4O2. The molecule has 160 valence electrons. The van der Waals surface area contributed by atoms with E-state index in [0.717, 1.165) is 24.1 Å². The predicted octanol–water partition coefficient (Wildman–Crippen LogP) is 4.40. The van der Waals surface area contributed by atoms with Crippen molar-refractivity contribution in [3.63, 3.8) is 0 Å². The normalized spacial score (nSPS) is 18.5. The number of nitrogens with zero attached hydrogens (tertiary/aromatic N) is 3. The number of carbonyl (C=O) groups is 1. The summed E-state index contributed by atoms with van der Waals surface area (Å²) in [6.45, 7) is 2.59. The molecule has 6 nitrogen and oxygen atoms in total. The number of benzene rings is 2. The summed E-state index contributed by atoms with van der Waals surface area (Å²) in [5, 5.41) is 3.40. The lowest BCUT2D eigenvalue weighted by Gasteiger charge is -2.40. The van der Waals surface area contributed by atoms with Gasteiger partial charge in [-0.3, -0.25) is 4.79 Å². The number of hydrogen-bond donors (Lipinski definition) is 1. The standard InChI is InChI=1S/C24H25FN4O2/c1-16-20(27-24-26-14-13-21(28-24)17-8-4-3-5-9-17)12-7-15-29(16)23(30)18-10-6-11-19(25)22(18)31-2/h3-6,8-11,13-14,16,20H,7,12,15H2,1-2H3,(H,26,27,28)/t16-,20?/m0/s1. The summed E-state index contributed by atoms with van der Waals surface area (Å²) < 4.78 is 19.2. The van der Waals surface area contributed by atoms with Gasteiger partial charge in [-0.1, -0.05) is 36.4 Å². The molecule has 1 N–H and O–H groups in total. The average molecular weight is 420 g/mol. The monoisotopic (exact) mass is 420 g/mol. The quantitative estimate of drug-likeness (QED) is 0.663. The maximum atomic E-state index is 14.1. The minimum Gasteiger partial charge on any atom is -0.493 e. The number of nitrogens with one attached hydrogen (secondary N) is 1. The van der Waals surface area contributed by atoms with E-state index in [1.54, 1.807) is 17.2 Å². The Kier molecular flexibility index (Phi) is 6.11. The van der Waals surface area contributed by atoms with E-state index in [4.69, 9.17) is 4.74 Å². The first-order chi connectivity index (χ1) is 15.1. The zero-order chi connectivity index (χ0) is 21.8. The van der Waals surface area contributed by atoms with Crippen LogP contribution in [0.3, 0.4) is 0 Å². The van der Waals surface area contributed by atoms with Crippen molar-refractivity contribution < 1.29 is 13.9 Å². The van der Waals surface area contributed by atoms with Gasteiger partial charge in [-0.05, 0) is 38.0 Å². The number of hydrogen-bond acceptors (Lipinski definition) is 5. The molecule has 7 heteroatoms. The van der Waals surface area contributed by atoms with Gasteiger partial charge in [-0.2, -0.15) is 0 Å². The summed E-state index contributed by atoms with van der Waals surface area (Å²) in [7, 11) is 1.37. The summed E-state index contributed by atoms with van der Waals surface area (Å²) in [4.78, 5) is 24.0. The summed E-state index contributed by atoms with van der Waals surface area (Å²) >= 11 is 0.